The number of halogens is 1. The van der Waals surface area contributed by atoms with E-state index in [0.29, 0.717) is 37.1 Å². The third kappa shape index (κ3) is 9.02. The Morgan fingerprint density at radius 3 is 2.38 bits per heavy atom. The molecule has 0 radical (unpaired) electrons. The lowest BCUT2D eigenvalue weighted by molar-refractivity contribution is -0.149. The smallest absolute Gasteiger partial charge is 0.333 e. The Kier molecular flexibility index (Phi) is 11.3. The number of carbonyl (C=O) groups is 2. The summed E-state index contributed by atoms with van der Waals surface area (Å²) in [6.45, 7) is 7.50. The highest BCUT2D eigenvalue weighted by atomic mass is 19.1. The van der Waals surface area contributed by atoms with Crippen molar-refractivity contribution >= 4 is 17.7 Å². The van der Waals surface area contributed by atoms with E-state index >= 15 is 0 Å². The number of carboxylic acid groups (broad SMARTS) is 1. The Hall–Kier alpha value is -3.13. The fraction of sp³-hybridized carbons (Fsp3) is 0.462. The molecule has 34 heavy (non-hydrogen) atoms. The van der Waals surface area contributed by atoms with Crippen LogP contribution in [-0.2, 0) is 16.0 Å². The average Bonchev–Trinajstić information content (AvgIpc) is 2.82. The molecular formula is C26H35FN2O5. The van der Waals surface area contributed by atoms with Gasteiger partial charge in [0.25, 0.3) is 0 Å². The third-order valence-corrected chi connectivity index (χ3v) is 5.61. The molecule has 0 aliphatic heterocycles. The molecule has 2 rings (SSSR count). The summed E-state index contributed by atoms with van der Waals surface area (Å²) in [5, 5.41) is 12.0. The van der Waals surface area contributed by atoms with E-state index < -0.39 is 17.9 Å². The zero-order valence-corrected chi connectivity index (χ0v) is 20.1. The fourth-order valence-electron chi connectivity index (χ4n) is 3.53. The second-order valence-corrected chi connectivity index (χ2v) is 8.05. The molecule has 0 spiro atoms. The van der Waals surface area contributed by atoms with Crippen LogP contribution in [0.2, 0.25) is 0 Å². The summed E-state index contributed by atoms with van der Waals surface area (Å²) < 4.78 is 24.6. The van der Waals surface area contributed by atoms with Crippen molar-refractivity contribution in [2.75, 3.05) is 31.6 Å². The first-order valence-corrected chi connectivity index (χ1v) is 11.7. The summed E-state index contributed by atoms with van der Waals surface area (Å²) >= 11 is 0. The fourth-order valence-corrected chi connectivity index (χ4v) is 3.53. The summed E-state index contributed by atoms with van der Waals surface area (Å²) in [6.07, 6.45) is 1.28. The molecule has 2 amide bonds. The van der Waals surface area contributed by atoms with Gasteiger partial charge in [-0.2, -0.15) is 0 Å². The maximum atomic E-state index is 13.5. The van der Waals surface area contributed by atoms with Crippen molar-refractivity contribution in [2.45, 2.75) is 46.1 Å². The van der Waals surface area contributed by atoms with Gasteiger partial charge in [-0.05, 0) is 48.7 Å². The first-order valence-electron chi connectivity index (χ1n) is 11.7. The SMILES string of the molecule is CCOC(Cc1ccc(OCCN(CC(CC)CC)C(=O)Nc2cccc(F)c2)cc1)C(=O)O. The molecule has 0 aliphatic carbocycles. The molecule has 8 heteroatoms. The van der Waals surface area contributed by atoms with E-state index in [1.165, 1.54) is 12.1 Å². The van der Waals surface area contributed by atoms with Gasteiger partial charge in [-0.3, -0.25) is 0 Å². The van der Waals surface area contributed by atoms with Crippen LogP contribution in [0, 0.1) is 11.7 Å². The van der Waals surface area contributed by atoms with Crippen molar-refractivity contribution in [1.82, 2.24) is 4.90 Å². The molecule has 0 saturated carbocycles. The van der Waals surface area contributed by atoms with Gasteiger partial charge in [0.15, 0.2) is 6.10 Å². The number of hydrogen-bond donors (Lipinski definition) is 2. The molecule has 0 aliphatic rings. The van der Waals surface area contributed by atoms with Gasteiger partial charge < -0.3 is 24.8 Å². The monoisotopic (exact) mass is 474 g/mol. The second-order valence-electron chi connectivity index (χ2n) is 8.05. The highest BCUT2D eigenvalue weighted by Crippen LogP contribution is 2.16. The second kappa shape index (κ2) is 14.2. The summed E-state index contributed by atoms with van der Waals surface area (Å²) in [5.41, 5.74) is 1.24. The number of nitrogens with one attached hydrogen (secondary N) is 1. The first-order chi connectivity index (χ1) is 16.4. The molecule has 0 aromatic heterocycles. The van der Waals surface area contributed by atoms with Crippen LogP contribution in [0.25, 0.3) is 0 Å². The van der Waals surface area contributed by atoms with Crippen LogP contribution in [0.15, 0.2) is 48.5 Å². The summed E-state index contributed by atoms with van der Waals surface area (Å²) in [4.78, 5) is 25.8. The highest BCUT2D eigenvalue weighted by Gasteiger charge is 2.19. The number of amides is 2. The third-order valence-electron chi connectivity index (χ3n) is 5.61. The minimum absolute atomic E-state index is 0.271. The number of nitrogens with zero attached hydrogens (tertiary/aromatic N) is 1. The molecule has 0 saturated heterocycles. The number of anilines is 1. The number of rotatable bonds is 14. The molecule has 0 fully saturated rings. The molecule has 186 valence electrons. The summed E-state index contributed by atoms with van der Waals surface area (Å²) in [7, 11) is 0. The molecule has 1 atom stereocenters. The van der Waals surface area contributed by atoms with E-state index in [4.69, 9.17) is 9.47 Å². The van der Waals surface area contributed by atoms with E-state index in [0.717, 1.165) is 18.4 Å². The number of hydrogen-bond acceptors (Lipinski definition) is 4. The number of carbonyl (C=O) groups excluding carboxylic acids is 1. The number of carboxylic acids is 1. The van der Waals surface area contributed by atoms with E-state index in [1.807, 2.05) is 12.1 Å². The highest BCUT2D eigenvalue weighted by molar-refractivity contribution is 5.89. The van der Waals surface area contributed by atoms with Crippen LogP contribution >= 0.6 is 0 Å². The lowest BCUT2D eigenvalue weighted by atomic mass is 10.0. The van der Waals surface area contributed by atoms with Gasteiger partial charge in [-0.15, -0.1) is 0 Å². The maximum Gasteiger partial charge on any atom is 0.333 e. The van der Waals surface area contributed by atoms with Gasteiger partial charge >= 0.3 is 12.0 Å². The number of urea groups is 1. The molecule has 2 aromatic rings. The van der Waals surface area contributed by atoms with Gasteiger partial charge in [0.1, 0.15) is 18.2 Å². The molecule has 2 N–H and O–H groups in total. The zero-order chi connectivity index (χ0) is 24.9. The first kappa shape index (κ1) is 27.1. The topological polar surface area (TPSA) is 88.1 Å². The predicted molar refractivity (Wildman–Crippen MR) is 130 cm³/mol. The van der Waals surface area contributed by atoms with Crippen molar-refractivity contribution in [3.05, 3.63) is 59.9 Å². The van der Waals surface area contributed by atoms with Crippen LogP contribution in [0.3, 0.4) is 0 Å². The molecule has 0 bridgehead atoms. The maximum absolute atomic E-state index is 13.5. The lowest BCUT2D eigenvalue weighted by Crippen LogP contribution is -2.40. The average molecular weight is 475 g/mol. The van der Waals surface area contributed by atoms with Crippen LogP contribution in [-0.4, -0.2) is 54.4 Å². The van der Waals surface area contributed by atoms with Crippen LogP contribution in [0.1, 0.15) is 39.2 Å². The number of benzene rings is 2. The van der Waals surface area contributed by atoms with Crippen molar-refractivity contribution in [3.8, 4) is 5.75 Å². The molecule has 0 heterocycles. The molecular weight excluding hydrogens is 439 g/mol. The van der Waals surface area contributed by atoms with Gasteiger partial charge in [0.2, 0.25) is 0 Å². The van der Waals surface area contributed by atoms with Crippen molar-refractivity contribution in [3.63, 3.8) is 0 Å². The van der Waals surface area contributed by atoms with Crippen LogP contribution in [0.4, 0.5) is 14.9 Å². The minimum Gasteiger partial charge on any atom is -0.492 e. The van der Waals surface area contributed by atoms with Gasteiger partial charge in [-0.25, -0.2) is 14.0 Å². The van der Waals surface area contributed by atoms with E-state index in [9.17, 15) is 19.1 Å². The van der Waals surface area contributed by atoms with Crippen molar-refractivity contribution in [1.29, 1.82) is 0 Å². The van der Waals surface area contributed by atoms with E-state index in [-0.39, 0.29) is 19.1 Å². The lowest BCUT2D eigenvalue weighted by Gasteiger charge is -2.27. The molecule has 1 unspecified atom stereocenters. The normalized spacial score (nSPS) is 11.8. The quantitative estimate of drug-likeness (QED) is 0.393. The predicted octanol–water partition coefficient (Wildman–Crippen LogP) is 5.21. The Labute approximate surface area is 200 Å². The van der Waals surface area contributed by atoms with Gasteiger partial charge in [0.05, 0.1) is 6.54 Å². The summed E-state index contributed by atoms with van der Waals surface area (Å²) in [6, 6.07) is 12.7. The zero-order valence-electron chi connectivity index (χ0n) is 20.1. The number of aliphatic carboxylic acids is 1. The van der Waals surface area contributed by atoms with E-state index in [1.54, 1.807) is 36.1 Å². The Bertz CT molecular complexity index is 902. The van der Waals surface area contributed by atoms with Crippen molar-refractivity contribution < 1.29 is 28.6 Å². The molecule has 2 aromatic carbocycles. The standard InChI is InChI=1S/C26H35FN2O5/c1-4-19(5-2)18-29(26(32)28-22-9-7-8-21(27)17-22)14-15-34-23-12-10-20(11-13-23)16-24(25(30)31)33-6-3/h7-13,17,19,24H,4-6,14-16,18H2,1-3H3,(H,28,32)(H,30,31). The largest absolute Gasteiger partial charge is 0.492 e. The Morgan fingerprint density at radius 1 is 1.09 bits per heavy atom. The molecule has 7 nitrogen and oxygen atoms in total. The van der Waals surface area contributed by atoms with Gasteiger partial charge in [-0.1, -0.05) is 44.9 Å². The number of ether oxygens (including phenoxy) is 2. The van der Waals surface area contributed by atoms with Crippen LogP contribution < -0.4 is 10.1 Å². The summed E-state index contributed by atoms with van der Waals surface area (Å²) in [5.74, 6) is -0.423. The minimum atomic E-state index is -0.990. The van der Waals surface area contributed by atoms with Gasteiger partial charge in [0, 0.05) is 25.3 Å². The van der Waals surface area contributed by atoms with Crippen LogP contribution in [0.5, 0.6) is 5.75 Å². The Morgan fingerprint density at radius 2 is 1.79 bits per heavy atom. The Balaban J connectivity index is 1.95. The van der Waals surface area contributed by atoms with E-state index in [2.05, 4.69) is 19.2 Å². The van der Waals surface area contributed by atoms with Crippen molar-refractivity contribution in [2.24, 2.45) is 5.92 Å².